The van der Waals surface area contributed by atoms with E-state index in [0.29, 0.717) is 17.9 Å². The third-order valence-corrected chi connectivity index (χ3v) is 6.22. The van der Waals surface area contributed by atoms with Crippen LogP contribution in [0.25, 0.3) is 0 Å². The second kappa shape index (κ2) is 10.5. The zero-order valence-corrected chi connectivity index (χ0v) is 19.8. The zero-order valence-electron chi connectivity index (χ0n) is 18.2. The maximum atomic E-state index is 13.1. The highest BCUT2D eigenvalue weighted by molar-refractivity contribution is 7.92. The van der Waals surface area contributed by atoms with Crippen LogP contribution in [-0.2, 0) is 10.0 Å². The number of ether oxygens (including phenoxy) is 3. The Morgan fingerprint density at radius 1 is 0.909 bits per heavy atom. The van der Waals surface area contributed by atoms with Crippen molar-refractivity contribution in [1.82, 2.24) is 0 Å². The van der Waals surface area contributed by atoms with Gasteiger partial charge in [0, 0.05) is 17.7 Å². The van der Waals surface area contributed by atoms with Gasteiger partial charge in [0.25, 0.3) is 15.9 Å². The molecular formula is C23H23ClN2O6S. The molecule has 174 valence electrons. The van der Waals surface area contributed by atoms with E-state index < -0.39 is 15.9 Å². The molecule has 0 radical (unpaired) electrons. The molecule has 0 bridgehead atoms. The van der Waals surface area contributed by atoms with Crippen molar-refractivity contribution in [2.75, 3.05) is 30.9 Å². The SMILES string of the molecule is CCOc1ccc(S(=O)(=O)Nc2cc(OC)c(Cl)cc2OC)cc1NC(=O)c1ccccc1. The van der Waals surface area contributed by atoms with E-state index in [4.69, 9.17) is 25.8 Å². The quantitative estimate of drug-likeness (QED) is 0.446. The van der Waals surface area contributed by atoms with Gasteiger partial charge >= 0.3 is 0 Å². The predicted molar refractivity (Wildman–Crippen MR) is 127 cm³/mol. The predicted octanol–water partition coefficient (Wildman–Crippen LogP) is 4.81. The number of benzene rings is 3. The lowest BCUT2D eigenvalue weighted by atomic mass is 10.2. The number of rotatable bonds is 9. The molecule has 1 amide bonds. The van der Waals surface area contributed by atoms with E-state index in [2.05, 4.69) is 10.0 Å². The standard InChI is InChI=1S/C23H23ClN2O6S/c1-4-32-20-11-10-16(12-18(20)25-23(27)15-8-6-5-7-9-15)33(28,29)26-19-14-21(30-2)17(24)13-22(19)31-3/h5-14,26H,4H2,1-3H3,(H,25,27). The normalized spacial score (nSPS) is 10.9. The van der Waals surface area contributed by atoms with Crippen molar-refractivity contribution in [2.24, 2.45) is 0 Å². The van der Waals surface area contributed by atoms with E-state index in [0.717, 1.165) is 0 Å². The minimum absolute atomic E-state index is 0.0923. The van der Waals surface area contributed by atoms with Crippen LogP contribution in [-0.4, -0.2) is 35.2 Å². The highest BCUT2D eigenvalue weighted by Crippen LogP contribution is 2.37. The molecule has 0 heterocycles. The number of carbonyl (C=O) groups is 1. The van der Waals surface area contributed by atoms with Gasteiger partial charge in [-0.05, 0) is 37.3 Å². The van der Waals surface area contributed by atoms with Gasteiger partial charge in [0.1, 0.15) is 17.2 Å². The number of nitrogens with one attached hydrogen (secondary N) is 2. The molecule has 0 spiro atoms. The molecule has 0 aliphatic rings. The summed E-state index contributed by atoms with van der Waals surface area (Å²) in [6.07, 6.45) is 0. The number of hydrogen-bond donors (Lipinski definition) is 2. The second-order valence-electron chi connectivity index (χ2n) is 6.70. The molecule has 0 fully saturated rings. The number of methoxy groups -OCH3 is 2. The maximum absolute atomic E-state index is 13.1. The number of sulfonamides is 1. The lowest BCUT2D eigenvalue weighted by Gasteiger charge is -2.16. The number of halogens is 1. The van der Waals surface area contributed by atoms with Gasteiger partial charge in [0.15, 0.2) is 0 Å². The maximum Gasteiger partial charge on any atom is 0.262 e. The fourth-order valence-corrected chi connectivity index (χ4v) is 4.30. The summed E-state index contributed by atoms with van der Waals surface area (Å²) >= 11 is 6.10. The second-order valence-corrected chi connectivity index (χ2v) is 8.79. The van der Waals surface area contributed by atoms with Crippen LogP contribution < -0.4 is 24.2 Å². The highest BCUT2D eigenvalue weighted by Gasteiger charge is 2.21. The molecule has 3 aromatic carbocycles. The molecule has 0 saturated carbocycles. The van der Waals surface area contributed by atoms with E-state index in [-0.39, 0.29) is 32.8 Å². The first-order chi connectivity index (χ1) is 15.8. The molecule has 3 aromatic rings. The van der Waals surface area contributed by atoms with Crippen LogP contribution in [0.3, 0.4) is 0 Å². The van der Waals surface area contributed by atoms with Gasteiger partial charge in [-0.1, -0.05) is 29.8 Å². The molecule has 8 nitrogen and oxygen atoms in total. The van der Waals surface area contributed by atoms with Crippen LogP contribution in [0.5, 0.6) is 17.2 Å². The Bertz CT molecular complexity index is 1250. The Labute approximate surface area is 197 Å². The van der Waals surface area contributed by atoms with Crippen LogP contribution in [0.2, 0.25) is 5.02 Å². The minimum atomic E-state index is -4.07. The van der Waals surface area contributed by atoms with Crippen LogP contribution >= 0.6 is 11.6 Å². The van der Waals surface area contributed by atoms with Crippen molar-refractivity contribution in [2.45, 2.75) is 11.8 Å². The summed E-state index contributed by atoms with van der Waals surface area (Å²) in [4.78, 5) is 12.5. The van der Waals surface area contributed by atoms with Gasteiger partial charge in [-0.2, -0.15) is 0 Å². The van der Waals surface area contributed by atoms with Crippen molar-refractivity contribution in [3.8, 4) is 17.2 Å². The highest BCUT2D eigenvalue weighted by atomic mass is 35.5. The van der Waals surface area contributed by atoms with Crippen molar-refractivity contribution in [3.63, 3.8) is 0 Å². The first kappa shape index (κ1) is 24.2. The minimum Gasteiger partial charge on any atom is -0.495 e. The third kappa shape index (κ3) is 5.68. The Balaban J connectivity index is 1.97. The van der Waals surface area contributed by atoms with E-state index in [9.17, 15) is 13.2 Å². The summed E-state index contributed by atoms with van der Waals surface area (Å²) in [5.74, 6) is 0.431. The van der Waals surface area contributed by atoms with Crippen molar-refractivity contribution >= 4 is 38.9 Å². The van der Waals surface area contributed by atoms with E-state index >= 15 is 0 Å². The molecule has 0 saturated heterocycles. The first-order valence-corrected chi connectivity index (χ1v) is 11.7. The first-order valence-electron chi connectivity index (χ1n) is 9.86. The number of carbonyl (C=O) groups excluding carboxylic acids is 1. The van der Waals surface area contributed by atoms with Gasteiger partial charge in [-0.15, -0.1) is 0 Å². The largest absolute Gasteiger partial charge is 0.495 e. The Morgan fingerprint density at radius 2 is 1.61 bits per heavy atom. The van der Waals surface area contributed by atoms with Gasteiger partial charge in [-0.3, -0.25) is 9.52 Å². The van der Waals surface area contributed by atoms with Gasteiger partial charge < -0.3 is 19.5 Å². The third-order valence-electron chi connectivity index (χ3n) is 4.56. The molecule has 3 rings (SSSR count). The van der Waals surface area contributed by atoms with Gasteiger partial charge in [0.05, 0.1) is 42.1 Å². The van der Waals surface area contributed by atoms with Gasteiger partial charge in [-0.25, -0.2) is 8.42 Å². The van der Waals surface area contributed by atoms with Crippen LogP contribution in [0.4, 0.5) is 11.4 Å². The average molecular weight is 491 g/mol. The number of anilines is 2. The fourth-order valence-electron chi connectivity index (χ4n) is 2.98. The average Bonchev–Trinajstić information content (AvgIpc) is 2.81. The Hall–Kier alpha value is -3.43. The lowest BCUT2D eigenvalue weighted by molar-refractivity contribution is 0.102. The molecule has 0 unspecified atom stereocenters. The molecular weight excluding hydrogens is 468 g/mol. The smallest absolute Gasteiger partial charge is 0.262 e. The summed E-state index contributed by atoms with van der Waals surface area (Å²) < 4.78 is 44.7. The number of amides is 1. The summed E-state index contributed by atoms with van der Waals surface area (Å²) in [7, 11) is -1.26. The van der Waals surface area contributed by atoms with Crippen LogP contribution in [0, 0.1) is 0 Å². The van der Waals surface area contributed by atoms with E-state index in [1.165, 1.54) is 44.6 Å². The van der Waals surface area contributed by atoms with Crippen molar-refractivity contribution in [3.05, 3.63) is 71.2 Å². The molecule has 0 aromatic heterocycles. The zero-order chi connectivity index (χ0) is 24.0. The monoisotopic (exact) mass is 490 g/mol. The fraction of sp³-hybridized carbons (Fsp3) is 0.174. The van der Waals surface area contributed by atoms with Crippen molar-refractivity contribution < 1.29 is 27.4 Å². The molecule has 2 N–H and O–H groups in total. The molecule has 0 aliphatic carbocycles. The summed E-state index contributed by atoms with van der Waals surface area (Å²) in [6.45, 7) is 2.12. The summed E-state index contributed by atoms with van der Waals surface area (Å²) in [6, 6.07) is 15.6. The Kier molecular flexibility index (Phi) is 7.67. The lowest BCUT2D eigenvalue weighted by Crippen LogP contribution is -2.16. The molecule has 10 heteroatoms. The van der Waals surface area contributed by atoms with E-state index in [1.807, 2.05) is 0 Å². The van der Waals surface area contributed by atoms with Crippen LogP contribution in [0.1, 0.15) is 17.3 Å². The van der Waals surface area contributed by atoms with Crippen LogP contribution in [0.15, 0.2) is 65.6 Å². The topological polar surface area (TPSA) is 103 Å². The van der Waals surface area contributed by atoms with Gasteiger partial charge in [0.2, 0.25) is 0 Å². The van der Waals surface area contributed by atoms with Crippen molar-refractivity contribution in [1.29, 1.82) is 0 Å². The Morgan fingerprint density at radius 3 is 2.24 bits per heavy atom. The number of hydrogen-bond acceptors (Lipinski definition) is 6. The molecule has 33 heavy (non-hydrogen) atoms. The molecule has 0 atom stereocenters. The summed E-state index contributed by atoms with van der Waals surface area (Å²) in [5, 5.41) is 2.99. The summed E-state index contributed by atoms with van der Waals surface area (Å²) in [5.41, 5.74) is 0.779. The molecule has 0 aliphatic heterocycles. The van der Waals surface area contributed by atoms with E-state index in [1.54, 1.807) is 37.3 Å².